The van der Waals surface area contributed by atoms with Gasteiger partial charge in [-0.3, -0.25) is 4.98 Å². The largest absolute Gasteiger partial charge is 0.333 e. The summed E-state index contributed by atoms with van der Waals surface area (Å²) in [6.45, 7) is 6.33. The summed E-state index contributed by atoms with van der Waals surface area (Å²) in [5.74, 6) is -0.250. The van der Waals surface area contributed by atoms with E-state index in [-0.39, 0.29) is 25.9 Å². The number of hydrogen-bond donors (Lipinski definition) is 0. The van der Waals surface area contributed by atoms with E-state index in [1.54, 1.807) is 6.07 Å². The van der Waals surface area contributed by atoms with Gasteiger partial charge in [0.25, 0.3) is 0 Å². The summed E-state index contributed by atoms with van der Waals surface area (Å²) in [5, 5.41) is 2.98. The fraction of sp³-hybridized carbons (Fsp3) is 0.125. The Morgan fingerprint density at radius 2 is 1.71 bits per heavy atom. The van der Waals surface area contributed by atoms with E-state index in [2.05, 4.69) is 43.4 Å². The second-order valence-electron chi connectivity index (χ2n) is 7.20. The number of nitrogens with zero attached hydrogens (tertiary/aromatic N) is 2. The minimum Gasteiger partial charge on any atom is -0.333 e. The topological polar surface area (TPSA) is 17.3 Å². The van der Waals surface area contributed by atoms with Crippen molar-refractivity contribution in [1.29, 1.82) is 0 Å². The van der Waals surface area contributed by atoms with Gasteiger partial charge in [0.2, 0.25) is 0 Å². The molecule has 0 amide bonds. The molecule has 1 radical (unpaired) electrons. The van der Waals surface area contributed by atoms with Gasteiger partial charge in [0.1, 0.15) is 5.82 Å². The first-order valence-corrected chi connectivity index (χ1v) is 9.02. The maximum absolute atomic E-state index is 14.2. The standard InChI is InChI=1S/C24H18FN2.Ir/c1-14-10-15(2)23(16(3)11-14)22-13-26-24-20-7-5-4-6-18(20)19-9-8-17(25)12-21(19)27(22)24;/h4-6,8-13H,1-3H3;/q-1;. The van der Waals surface area contributed by atoms with Gasteiger partial charge in [-0.2, -0.15) is 0 Å². The van der Waals surface area contributed by atoms with Gasteiger partial charge >= 0.3 is 0 Å². The molecule has 0 saturated heterocycles. The fourth-order valence-electron chi connectivity index (χ4n) is 4.30. The molecule has 0 N–H and O–H groups in total. The smallest absolute Gasteiger partial charge is 0.125 e. The van der Waals surface area contributed by atoms with E-state index in [4.69, 9.17) is 4.98 Å². The van der Waals surface area contributed by atoms with Crippen LogP contribution in [0.15, 0.2) is 54.7 Å². The molecule has 5 rings (SSSR count). The zero-order chi connectivity index (χ0) is 18.7. The molecular weight excluding hydrogens is 527 g/mol. The molecule has 141 valence electrons. The number of hydrogen-bond acceptors (Lipinski definition) is 1. The molecule has 2 aromatic heterocycles. The molecule has 0 spiro atoms. The number of benzene rings is 3. The molecule has 0 bridgehead atoms. The Morgan fingerprint density at radius 1 is 0.964 bits per heavy atom. The van der Waals surface area contributed by atoms with Crippen molar-refractivity contribution in [3.05, 3.63) is 83.3 Å². The van der Waals surface area contributed by atoms with Crippen LogP contribution in [0.1, 0.15) is 16.7 Å². The Bertz CT molecular complexity index is 1340. The molecule has 0 atom stereocenters. The van der Waals surface area contributed by atoms with Crippen LogP contribution in [0.25, 0.3) is 38.6 Å². The molecule has 2 nitrogen and oxygen atoms in total. The van der Waals surface area contributed by atoms with Gasteiger partial charge in [-0.05, 0) is 49.4 Å². The molecule has 0 fully saturated rings. The van der Waals surface area contributed by atoms with Gasteiger partial charge in [0.15, 0.2) is 0 Å². The molecule has 0 aliphatic heterocycles. The Balaban J connectivity index is 0.00000192. The Morgan fingerprint density at radius 3 is 2.46 bits per heavy atom. The predicted molar refractivity (Wildman–Crippen MR) is 109 cm³/mol. The summed E-state index contributed by atoms with van der Waals surface area (Å²) in [6.07, 6.45) is 1.89. The number of fused-ring (bicyclic) bond motifs is 6. The normalized spacial score (nSPS) is 11.3. The number of halogens is 1. The molecule has 3 aromatic carbocycles. The van der Waals surface area contributed by atoms with Crippen LogP contribution in [0.3, 0.4) is 0 Å². The zero-order valence-corrected chi connectivity index (χ0v) is 18.2. The quantitative estimate of drug-likeness (QED) is 0.182. The number of aromatic nitrogens is 2. The third kappa shape index (κ3) is 2.68. The number of imidazole rings is 1. The van der Waals surface area contributed by atoms with E-state index < -0.39 is 0 Å². The number of rotatable bonds is 1. The monoisotopic (exact) mass is 546 g/mol. The fourth-order valence-corrected chi connectivity index (χ4v) is 4.30. The van der Waals surface area contributed by atoms with E-state index in [0.717, 1.165) is 38.6 Å². The average Bonchev–Trinajstić information content (AvgIpc) is 3.06. The van der Waals surface area contributed by atoms with Crippen molar-refractivity contribution < 1.29 is 24.5 Å². The van der Waals surface area contributed by atoms with Gasteiger partial charge in [0, 0.05) is 37.4 Å². The summed E-state index contributed by atoms with van der Waals surface area (Å²) in [7, 11) is 0. The van der Waals surface area contributed by atoms with E-state index >= 15 is 0 Å². The van der Waals surface area contributed by atoms with Gasteiger partial charge < -0.3 is 4.40 Å². The average molecular weight is 546 g/mol. The number of pyridine rings is 1. The molecule has 5 aromatic rings. The predicted octanol–water partition coefficient (Wildman–Crippen LogP) is 6.17. The van der Waals surface area contributed by atoms with E-state index in [9.17, 15) is 4.39 Å². The van der Waals surface area contributed by atoms with E-state index in [1.165, 1.54) is 22.8 Å². The Hall–Kier alpha value is -2.55. The molecule has 2 heterocycles. The first-order chi connectivity index (χ1) is 13.0. The van der Waals surface area contributed by atoms with E-state index in [0.29, 0.717) is 0 Å². The van der Waals surface area contributed by atoms with Crippen molar-refractivity contribution in [2.24, 2.45) is 0 Å². The summed E-state index contributed by atoms with van der Waals surface area (Å²) in [6, 6.07) is 18.5. The molecular formula is C24H18FIrN2-. The second kappa shape index (κ2) is 6.80. The minimum absolute atomic E-state index is 0. The van der Waals surface area contributed by atoms with Crippen LogP contribution >= 0.6 is 0 Å². The van der Waals surface area contributed by atoms with Crippen molar-refractivity contribution in [3.8, 4) is 11.3 Å². The Kier molecular flexibility index (Phi) is 4.57. The molecule has 0 saturated carbocycles. The number of aryl methyl sites for hydroxylation is 3. The van der Waals surface area contributed by atoms with Crippen molar-refractivity contribution in [2.45, 2.75) is 20.8 Å². The minimum atomic E-state index is -0.250. The first-order valence-electron chi connectivity index (χ1n) is 9.02. The van der Waals surface area contributed by atoms with Crippen LogP contribution < -0.4 is 0 Å². The van der Waals surface area contributed by atoms with Crippen molar-refractivity contribution in [1.82, 2.24) is 9.38 Å². The SMILES string of the molecule is Cc1cc(C)c(-c2cnc3c4[c-]cccc4c4ccc(F)cc4n23)c(C)c1.[Ir]. The van der Waals surface area contributed by atoms with Crippen LogP contribution in [0.4, 0.5) is 4.39 Å². The van der Waals surface area contributed by atoms with E-state index in [1.807, 2.05) is 30.5 Å². The Labute approximate surface area is 176 Å². The van der Waals surface area contributed by atoms with Crippen molar-refractivity contribution in [3.63, 3.8) is 0 Å². The molecule has 0 aliphatic rings. The first kappa shape index (κ1) is 18.8. The summed E-state index contributed by atoms with van der Waals surface area (Å²) in [4.78, 5) is 4.72. The van der Waals surface area contributed by atoms with Gasteiger partial charge in [-0.15, -0.1) is 29.7 Å². The maximum atomic E-state index is 14.2. The van der Waals surface area contributed by atoms with Crippen LogP contribution in [-0.4, -0.2) is 9.38 Å². The van der Waals surface area contributed by atoms with Crippen LogP contribution in [0.2, 0.25) is 0 Å². The third-order valence-electron chi connectivity index (χ3n) is 5.27. The van der Waals surface area contributed by atoms with Gasteiger partial charge in [-0.25, -0.2) is 4.39 Å². The maximum Gasteiger partial charge on any atom is 0.125 e. The zero-order valence-electron chi connectivity index (χ0n) is 15.8. The summed E-state index contributed by atoms with van der Waals surface area (Å²) >= 11 is 0. The van der Waals surface area contributed by atoms with Crippen molar-refractivity contribution in [2.75, 3.05) is 0 Å². The van der Waals surface area contributed by atoms with Gasteiger partial charge in [-0.1, -0.05) is 29.1 Å². The second-order valence-corrected chi connectivity index (χ2v) is 7.20. The summed E-state index contributed by atoms with van der Waals surface area (Å²) in [5.41, 5.74) is 7.37. The van der Waals surface area contributed by atoms with Crippen LogP contribution in [-0.2, 0) is 20.1 Å². The molecule has 4 heteroatoms. The molecule has 0 aliphatic carbocycles. The third-order valence-corrected chi connectivity index (χ3v) is 5.27. The summed E-state index contributed by atoms with van der Waals surface area (Å²) < 4.78 is 16.2. The van der Waals surface area contributed by atoms with Crippen LogP contribution in [0, 0.1) is 32.7 Å². The van der Waals surface area contributed by atoms with Crippen molar-refractivity contribution >= 4 is 27.3 Å². The van der Waals surface area contributed by atoms with Gasteiger partial charge in [0.05, 0.1) is 11.3 Å². The van der Waals surface area contributed by atoms with Crippen LogP contribution in [0.5, 0.6) is 0 Å². The molecule has 0 unspecified atom stereocenters. The molecule has 28 heavy (non-hydrogen) atoms.